The largest absolute Gasteiger partial charge is 0.479 e. The molecule has 4 nitrogen and oxygen atoms in total. The van der Waals surface area contributed by atoms with Crippen molar-refractivity contribution in [2.24, 2.45) is 5.16 Å². The molecule has 0 atom stereocenters. The minimum atomic E-state index is -1.15. The molecule has 0 saturated carbocycles. The number of oxime groups is 1. The Labute approximate surface area is 89.9 Å². The maximum absolute atomic E-state index is 13.1. The Hall–Kier alpha value is -1.62. The highest BCUT2D eigenvalue weighted by Crippen LogP contribution is 2.12. The summed E-state index contributed by atoms with van der Waals surface area (Å²) in [6.45, 7) is -0.564. The fraction of sp³-hybridized carbons (Fsp3) is 0.111. The summed E-state index contributed by atoms with van der Waals surface area (Å²) in [7, 11) is 0. The second kappa shape index (κ2) is 5.31. The summed E-state index contributed by atoms with van der Waals surface area (Å²) in [4.78, 5) is 14.4. The van der Waals surface area contributed by atoms with Crippen molar-refractivity contribution in [3.63, 3.8) is 0 Å². The number of benzene rings is 1. The molecule has 6 heteroatoms. The molecule has 15 heavy (non-hydrogen) atoms. The molecule has 1 aromatic rings. The number of carboxylic acid groups (broad SMARTS) is 1. The van der Waals surface area contributed by atoms with Crippen LogP contribution in [0, 0.1) is 5.82 Å². The molecular weight excluding hydrogens is 225 g/mol. The summed E-state index contributed by atoms with van der Waals surface area (Å²) in [5, 5.41) is 11.8. The highest BCUT2D eigenvalue weighted by molar-refractivity contribution is 6.30. The van der Waals surface area contributed by atoms with Crippen LogP contribution in [0.5, 0.6) is 0 Å². The van der Waals surface area contributed by atoms with E-state index in [2.05, 4.69) is 9.99 Å². The van der Waals surface area contributed by atoms with Gasteiger partial charge in [0.15, 0.2) is 0 Å². The third kappa shape index (κ3) is 3.95. The van der Waals surface area contributed by atoms with E-state index in [0.29, 0.717) is 0 Å². The summed E-state index contributed by atoms with van der Waals surface area (Å²) in [6, 6.07) is 4.02. The van der Waals surface area contributed by atoms with Gasteiger partial charge in [-0.25, -0.2) is 9.18 Å². The van der Waals surface area contributed by atoms with E-state index in [4.69, 9.17) is 16.7 Å². The van der Waals surface area contributed by atoms with Gasteiger partial charge in [-0.1, -0.05) is 16.8 Å². The smallest absolute Gasteiger partial charge is 0.344 e. The van der Waals surface area contributed by atoms with E-state index in [-0.39, 0.29) is 10.6 Å². The molecule has 0 heterocycles. The molecule has 0 bridgehead atoms. The van der Waals surface area contributed by atoms with Crippen LogP contribution in [0.4, 0.5) is 4.39 Å². The SMILES string of the molecule is O=C(O)CO/N=C/c1ccc(Cl)cc1F. The monoisotopic (exact) mass is 231 g/mol. The van der Waals surface area contributed by atoms with E-state index >= 15 is 0 Å². The number of rotatable bonds is 4. The number of carboxylic acids is 1. The van der Waals surface area contributed by atoms with Crippen LogP contribution in [-0.4, -0.2) is 23.9 Å². The lowest BCUT2D eigenvalue weighted by Crippen LogP contribution is -2.03. The normalized spacial score (nSPS) is 10.5. The lowest BCUT2D eigenvalue weighted by atomic mass is 10.2. The zero-order valence-electron chi connectivity index (χ0n) is 7.48. The summed E-state index contributed by atoms with van der Waals surface area (Å²) >= 11 is 5.53. The van der Waals surface area contributed by atoms with E-state index in [1.807, 2.05) is 0 Å². The Bertz CT molecular complexity index is 395. The molecule has 0 spiro atoms. The quantitative estimate of drug-likeness (QED) is 0.636. The number of halogens is 2. The molecule has 1 rings (SSSR count). The van der Waals surface area contributed by atoms with Gasteiger partial charge in [0.2, 0.25) is 6.61 Å². The van der Waals surface area contributed by atoms with Gasteiger partial charge in [-0.3, -0.25) is 0 Å². The van der Waals surface area contributed by atoms with E-state index in [9.17, 15) is 9.18 Å². The molecule has 0 fully saturated rings. The zero-order valence-corrected chi connectivity index (χ0v) is 8.24. The van der Waals surface area contributed by atoms with Gasteiger partial charge in [-0.2, -0.15) is 0 Å². The van der Waals surface area contributed by atoms with E-state index in [1.165, 1.54) is 12.1 Å². The second-order valence-electron chi connectivity index (χ2n) is 2.57. The van der Waals surface area contributed by atoms with Crippen molar-refractivity contribution < 1.29 is 19.1 Å². The Kier molecular flexibility index (Phi) is 4.05. The first kappa shape index (κ1) is 11.5. The van der Waals surface area contributed by atoms with Crippen LogP contribution in [0.2, 0.25) is 5.02 Å². The molecule has 80 valence electrons. The lowest BCUT2D eigenvalue weighted by Gasteiger charge is -1.96. The second-order valence-corrected chi connectivity index (χ2v) is 3.00. The van der Waals surface area contributed by atoms with Crippen molar-refractivity contribution in [2.75, 3.05) is 6.61 Å². The fourth-order valence-corrected chi connectivity index (χ4v) is 0.952. The number of hydrogen-bond donors (Lipinski definition) is 1. The minimum absolute atomic E-state index is 0.171. The van der Waals surface area contributed by atoms with E-state index in [1.54, 1.807) is 0 Å². The van der Waals surface area contributed by atoms with Crippen molar-refractivity contribution in [2.45, 2.75) is 0 Å². The predicted molar refractivity (Wildman–Crippen MR) is 52.6 cm³/mol. The van der Waals surface area contributed by atoms with Crippen molar-refractivity contribution in [1.29, 1.82) is 0 Å². The first-order valence-corrected chi connectivity index (χ1v) is 4.29. The number of hydrogen-bond acceptors (Lipinski definition) is 3. The first-order chi connectivity index (χ1) is 7.09. The summed E-state index contributed by atoms with van der Waals surface area (Å²) in [6.07, 6.45) is 1.08. The van der Waals surface area contributed by atoms with Crippen molar-refractivity contribution in [3.8, 4) is 0 Å². The maximum Gasteiger partial charge on any atom is 0.344 e. The summed E-state index contributed by atoms with van der Waals surface area (Å²) in [5.41, 5.74) is 0.171. The fourth-order valence-electron chi connectivity index (χ4n) is 0.793. The molecule has 0 radical (unpaired) electrons. The molecule has 0 amide bonds. The summed E-state index contributed by atoms with van der Waals surface area (Å²) in [5.74, 6) is -1.70. The molecule has 0 saturated heterocycles. The van der Waals surface area contributed by atoms with Gasteiger partial charge in [-0.05, 0) is 18.2 Å². The molecule has 1 aromatic carbocycles. The molecule has 0 aliphatic heterocycles. The number of carbonyl (C=O) groups is 1. The highest BCUT2D eigenvalue weighted by Gasteiger charge is 2.00. The minimum Gasteiger partial charge on any atom is -0.479 e. The zero-order chi connectivity index (χ0) is 11.3. The van der Waals surface area contributed by atoms with Crippen LogP contribution in [0.15, 0.2) is 23.4 Å². The van der Waals surface area contributed by atoms with E-state index in [0.717, 1.165) is 12.3 Å². The van der Waals surface area contributed by atoms with Gasteiger partial charge in [0, 0.05) is 10.6 Å². The average molecular weight is 232 g/mol. The highest BCUT2D eigenvalue weighted by atomic mass is 35.5. The van der Waals surface area contributed by atoms with Gasteiger partial charge in [0.1, 0.15) is 5.82 Å². The Morgan fingerprint density at radius 2 is 2.40 bits per heavy atom. The van der Waals surface area contributed by atoms with E-state index < -0.39 is 18.4 Å². The van der Waals surface area contributed by atoms with Gasteiger partial charge in [-0.15, -0.1) is 0 Å². The van der Waals surface area contributed by atoms with Crippen molar-refractivity contribution in [1.82, 2.24) is 0 Å². The summed E-state index contributed by atoms with van der Waals surface area (Å²) < 4.78 is 13.1. The van der Waals surface area contributed by atoms with Crippen LogP contribution < -0.4 is 0 Å². The Morgan fingerprint density at radius 3 is 3.00 bits per heavy atom. The Morgan fingerprint density at radius 1 is 1.67 bits per heavy atom. The van der Waals surface area contributed by atoms with Crippen LogP contribution in [0.1, 0.15) is 5.56 Å². The third-order valence-corrected chi connectivity index (χ3v) is 1.65. The van der Waals surface area contributed by atoms with Crippen LogP contribution in [0.3, 0.4) is 0 Å². The maximum atomic E-state index is 13.1. The Balaban J connectivity index is 2.60. The standard InChI is InChI=1S/C9H7ClFNO3/c10-7-2-1-6(8(11)3-7)4-12-15-5-9(13)14/h1-4H,5H2,(H,13,14)/b12-4+. The lowest BCUT2D eigenvalue weighted by molar-refractivity contribution is -0.142. The molecule has 0 aliphatic carbocycles. The average Bonchev–Trinajstić information content (AvgIpc) is 2.14. The predicted octanol–water partition coefficient (Wildman–Crippen LogP) is 1.91. The molecule has 1 N–H and O–H groups in total. The van der Waals surface area contributed by atoms with Gasteiger partial charge >= 0.3 is 5.97 Å². The topological polar surface area (TPSA) is 58.9 Å². The first-order valence-electron chi connectivity index (χ1n) is 3.92. The molecular formula is C9H7ClFNO3. The van der Waals surface area contributed by atoms with Crippen LogP contribution >= 0.6 is 11.6 Å². The van der Waals surface area contributed by atoms with Gasteiger partial charge in [0.05, 0.1) is 6.21 Å². The molecule has 0 aliphatic rings. The van der Waals surface area contributed by atoms with Gasteiger partial charge < -0.3 is 9.94 Å². The van der Waals surface area contributed by atoms with Crippen molar-refractivity contribution >= 4 is 23.8 Å². The van der Waals surface area contributed by atoms with Crippen LogP contribution in [0.25, 0.3) is 0 Å². The van der Waals surface area contributed by atoms with Gasteiger partial charge in [0.25, 0.3) is 0 Å². The molecule has 0 unspecified atom stereocenters. The number of nitrogens with zero attached hydrogens (tertiary/aromatic N) is 1. The van der Waals surface area contributed by atoms with Crippen molar-refractivity contribution in [3.05, 3.63) is 34.6 Å². The number of aliphatic carboxylic acids is 1. The molecule has 0 aromatic heterocycles. The van der Waals surface area contributed by atoms with Crippen LogP contribution in [-0.2, 0) is 9.63 Å². The third-order valence-electron chi connectivity index (χ3n) is 1.42.